The number of hydrogen-bond acceptors (Lipinski definition) is 3. The molecule has 3 nitrogen and oxygen atoms in total. The van der Waals surface area contributed by atoms with Crippen molar-refractivity contribution in [2.45, 2.75) is 19.3 Å². The number of benzene rings is 6. The van der Waals surface area contributed by atoms with Crippen LogP contribution in [0, 0.1) is 0 Å². The van der Waals surface area contributed by atoms with Crippen LogP contribution in [-0.4, -0.2) is 15.0 Å². The number of rotatable bonds is 4. The van der Waals surface area contributed by atoms with Crippen LogP contribution in [0.25, 0.3) is 77.7 Å². The lowest BCUT2D eigenvalue weighted by Crippen LogP contribution is -2.14. The fraction of sp³-hybridized carbons (Fsp3) is 0.0682. The zero-order chi connectivity index (χ0) is 31.5. The van der Waals surface area contributed by atoms with Gasteiger partial charge in [0.05, 0.1) is 11.4 Å². The van der Waals surface area contributed by atoms with E-state index in [1.54, 1.807) is 0 Å². The molecule has 222 valence electrons. The molecule has 1 aliphatic rings. The van der Waals surface area contributed by atoms with Crippen LogP contribution in [0.2, 0.25) is 0 Å². The SMILES string of the molecule is CC1(C)c2ccccc2-c2cc3c(ccc4ccc(-c5nc(-c6ccccc6)cc(-c6ccccc6-c6ccncc6)n5)cc43)cc21. The van der Waals surface area contributed by atoms with Crippen molar-refractivity contribution in [2.75, 3.05) is 0 Å². The molecule has 0 N–H and O–H groups in total. The van der Waals surface area contributed by atoms with Crippen LogP contribution in [0.15, 0.2) is 152 Å². The van der Waals surface area contributed by atoms with Gasteiger partial charge in [-0.3, -0.25) is 4.98 Å². The first kappa shape index (κ1) is 27.4. The minimum absolute atomic E-state index is 0.0361. The second-order valence-corrected chi connectivity index (χ2v) is 12.9. The number of fused-ring (bicyclic) bond motifs is 6. The summed E-state index contributed by atoms with van der Waals surface area (Å²) in [7, 11) is 0. The molecule has 8 aromatic rings. The highest BCUT2D eigenvalue weighted by molar-refractivity contribution is 6.11. The van der Waals surface area contributed by atoms with Crippen molar-refractivity contribution in [1.82, 2.24) is 15.0 Å². The molecule has 0 amide bonds. The minimum Gasteiger partial charge on any atom is -0.265 e. The summed E-state index contributed by atoms with van der Waals surface area (Å²) in [5.41, 5.74) is 12.5. The molecule has 0 unspecified atom stereocenters. The highest BCUT2D eigenvalue weighted by Gasteiger charge is 2.35. The number of aromatic nitrogens is 3. The van der Waals surface area contributed by atoms with Gasteiger partial charge in [-0.15, -0.1) is 0 Å². The smallest absolute Gasteiger partial charge is 0.160 e. The first-order chi connectivity index (χ1) is 23.0. The van der Waals surface area contributed by atoms with Crippen molar-refractivity contribution in [3.63, 3.8) is 0 Å². The predicted molar refractivity (Wildman–Crippen MR) is 194 cm³/mol. The van der Waals surface area contributed by atoms with Gasteiger partial charge in [0.25, 0.3) is 0 Å². The van der Waals surface area contributed by atoms with E-state index in [2.05, 4.69) is 140 Å². The Labute approximate surface area is 274 Å². The predicted octanol–water partition coefficient (Wildman–Crippen LogP) is 11.2. The monoisotopic (exact) mass is 601 g/mol. The maximum atomic E-state index is 5.25. The van der Waals surface area contributed by atoms with E-state index in [9.17, 15) is 0 Å². The first-order valence-electron chi connectivity index (χ1n) is 16.1. The molecule has 9 rings (SSSR count). The molecule has 0 spiro atoms. The van der Waals surface area contributed by atoms with E-state index in [0.29, 0.717) is 5.82 Å². The Bertz CT molecular complexity index is 2480. The van der Waals surface area contributed by atoms with Crippen LogP contribution in [0.3, 0.4) is 0 Å². The molecule has 0 atom stereocenters. The van der Waals surface area contributed by atoms with Gasteiger partial charge in [0.2, 0.25) is 0 Å². The molecule has 1 aliphatic carbocycles. The molecule has 0 fully saturated rings. The molecule has 2 aromatic heterocycles. The molecule has 0 aliphatic heterocycles. The van der Waals surface area contributed by atoms with Gasteiger partial charge in [0, 0.05) is 34.5 Å². The zero-order valence-corrected chi connectivity index (χ0v) is 26.3. The van der Waals surface area contributed by atoms with Gasteiger partial charge in [0.15, 0.2) is 5.82 Å². The lowest BCUT2D eigenvalue weighted by atomic mass is 9.81. The molecule has 47 heavy (non-hydrogen) atoms. The van der Waals surface area contributed by atoms with Crippen molar-refractivity contribution in [3.8, 4) is 56.2 Å². The summed E-state index contributed by atoms with van der Waals surface area (Å²) >= 11 is 0. The first-order valence-corrected chi connectivity index (χ1v) is 16.1. The van der Waals surface area contributed by atoms with Gasteiger partial charge in [-0.05, 0) is 91.3 Å². The van der Waals surface area contributed by atoms with Gasteiger partial charge in [0.1, 0.15) is 0 Å². The largest absolute Gasteiger partial charge is 0.265 e. The molecular formula is C44H31N3. The van der Waals surface area contributed by atoms with E-state index >= 15 is 0 Å². The standard InChI is InChI=1S/C44H31N3/c1-44(2)39-15-9-8-13-34(39)38-26-37-31(25-40(38)44)18-16-28-17-19-32(24-36(28)37)43-46-41(30-10-4-3-5-11-30)27-42(47-43)35-14-7-6-12-33(35)29-20-22-45-23-21-29/h3-27H,1-2H3. The van der Waals surface area contributed by atoms with E-state index in [4.69, 9.17) is 9.97 Å². The Morgan fingerprint density at radius 2 is 1.09 bits per heavy atom. The highest BCUT2D eigenvalue weighted by Crippen LogP contribution is 2.50. The molecule has 0 saturated carbocycles. The van der Waals surface area contributed by atoms with Crippen molar-refractivity contribution in [1.29, 1.82) is 0 Å². The second-order valence-electron chi connectivity index (χ2n) is 12.9. The van der Waals surface area contributed by atoms with Crippen molar-refractivity contribution >= 4 is 21.5 Å². The van der Waals surface area contributed by atoms with E-state index in [1.807, 2.05) is 30.6 Å². The Balaban J connectivity index is 1.26. The topological polar surface area (TPSA) is 38.7 Å². The third kappa shape index (κ3) is 4.46. The third-order valence-electron chi connectivity index (χ3n) is 9.79. The van der Waals surface area contributed by atoms with Gasteiger partial charge >= 0.3 is 0 Å². The van der Waals surface area contributed by atoms with Crippen LogP contribution >= 0.6 is 0 Å². The highest BCUT2D eigenvalue weighted by atomic mass is 14.9. The van der Waals surface area contributed by atoms with Gasteiger partial charge in [-0.2, -0.15) is 0 Å². The maximum absolute atomic E-state index is 5.25. The minimum atomic E-state index is -0.0361. The van der Waals surface area contributed by atoms with Gasteiger partial charge < -0.3 is 0 Å². The van der Waals surface area contributed by atoms with Crippen molar-refractivity contribution in [2.24, 2.45) is 0 Å². The Morgan fingerprint density at radius 3 is 1.91 bits per heavy atom. The average Bonchev–Trinajstić information content (AvgIpc) is 3.36. The van der Waals surface area contributed by atoms with Crippen LogP contribution in [-0.2, 0) is 5.41 Å². The van der Waals surface area contributed by atoms with Crippen molar-refractivity contribution < 1.29 is 0 Å². The summed E-state index contributed by atoms with van der Waals surface area (Å²) in [6, 6.07) is 49.8. The molecule has 0 saturated heterocycles. The Kier molecular flexibility index (Phi) is 6.16. The van der Waals surface area contributed by atoms with Crippen LogP contribution in [0.5, 0.6) is 0 Å². The quantitative estimate of drug-likeness (QED) is 0.188. The normalized spacial score (nSPS) is 13.1. The second kappa shape index (κ2) is 10.6. The van der Waals surface area contributed by atoms with Crippen LogP contribution in [0.1, 0.15) is 25.0 Å². The average molecular weight is 602 g/mol. The lowest BCUT2D eigenvalue weighted by Gasteiger charge is -2.21. The molecule has 6 aromatic carbocycles. The van der Waals surface area contributed by atoms with Crippen LogP contribution in [0.4, 0.5) is 0 Å². The summed E-state index contributed by atoms with van der Waals surface area (Å²) in [5.74, 6) is 0.706. The number of hydrogen-bond donors (Lipinski definition) is 0. The number of pyridine rings is 1. The third-order valence-corrected chi connectivity index (χ3v) is 9.79. The molecule has 0 radical (unpaired) electrons. The fourth-order valence-electron chi connectivity index (χ4n) is 7.35. The lowest BCUT2D eigenvalue weighted by molar-refractivity contribution is 0.661. The molecule has 3 heteroatoms. The van der Waals surface area contributed by atoms with Crippen molar-refractivity contribution in [3.05, 3.63) is 163 Å². The number of nitrogens with zero attached hydrogens (tertiary/aromatic N) is 3. The molecule has 2 heterocycles. The van der Waals surface area contributed by atoms with E-state index in [-0.39, 0.29) is 5.41 Å². The van der Waals surface area contributed by atoms with Gasteiger partial charge in [-0.25, -0.2) is 9.97 Å². The summed E-state index contributed by atoms with van der Waals surface area (Å²) < 4.78 is 0. The molecule has 0 bridgehead atoms. The fourth-order valence-corrected chi connectivity index (χ4v) is 7.35. The molecular weight excluding hydrogens is 571 g/mol. The zero-order valence-electron chi connectivity index (χ0n) is 26.3. The van der Waals surface area contributed by atoms with E-state index in [1.165, 1.54) is 43.8 Å². The summed E-state index contributed by atoms with van der Waals surface area (Å²) in [6.45, 7) is 4.67. The summed E-state index contributed by atoms with van der Waals surface area (Å²) in [6.07, 6.45) is 3.67. The van der Waals surface area contributed by atoms with Gasteiger partial charge in [-0.1, -0.05) is 117 Å². The van der Waals surface area contributed by atoms with E-state index in [0.717, 1.165) is 39.2 Å². The Morgan fingerprint density at radius 1 is 0.426 bits per heavy atom. The summed E-state index contributed by atoms with van der Waals surface area (Å²) in [5, 5.41) is 4.91. The maximum Gasteiger partial charge on any atom is 0.160 e. The Hall–Kier alpha value is -5.93. The summed E-state index contributed by atoms with van der Waals surface area (Å²) in [4.78, 5) is 14.7. The van der Waals surface area contributed by atoms with Crippen LogP contribution < -0.4 is 0 Å². The van der Waals surface area contributed by atoms with E-state index < -0.39 is 0 Å².